The van der Waals surface area contributed by atoms with E-state index in [1.54, 1.807) is 0 Å². The molecule has 0 saturated carbocycles. The molecule has 0 aliphatic carbocycles. The van der Waals surface area contributed by atoms with Crippen molar-refractivity contribution in [3.63, 3.8) is 0 Å². The van der Waals surface area contributed by atoms with E-state index in [1.165, 1.54) is 92.8 Å². The summed E-state index contributed by atoms with van der Waals surface area (Å²) in [5, 5.41) is 12.9. The van der Waals surface area contributed by atoms with Crippen molar-refractivity contribution in [1.29, 1.82) is 0 Å². The van der Waals surface area contributed by atoms with Crippen LogP contribution in [-0.2, 0) is 0 Å². The van der Waals surface area contributed by atoms with Crippen LogP contribution >= 0.6 is 0 Å². The Morgan fingerprint density at radius 2 is 0.862 bits per heavy atom. The molecule has 0 saturated heterocycles. The summed E-state index contributed by atoms with van der Waals surface area (Å²) in [5.74, 6) is 0. The van der Waals surface area contributed by atoms with E-state index in [4.69, 9.17) is 0 Å². The second kappa shape index (κ2) is 12.9. The first kappa shape index (κ1) is 32.6. The molecule has 11 aromatic carbocycles. The smallest absolute Gasteiger partial charge is 0.0553 e. The second-order valence-corrected chi connectivity index (χ2v) is 15.3. The first-order chi connectivity index (χ1) is 28.8. The van der Waals surface area contributed by atoms with Crippen molar-refractivity contribution in [3.8, 4) is 27.9 Å². The van der Waals surface area contributed by atoms with Crippen molar-refractivity contribution >= 4 is 82.0 Å². The molecule has 0 N–H and O–H groups in total. The number of hydrogen-bond donors (Lipinski definition) is 0. The molecule has 1 heterocycles. The van der Waals surface area contributed by atoms with Crippen LogP contribution in [0.2, 0.25) is 0 Å². The molecule has 270 valence electrons. The van der Waals surface area contributed by atoms with E-state index in [9.17, 15) is 0 Å². The standard InChI is InChI=1S/C56H36N2/c1-3-15-45(16-4-1)57(51-20-10-12-40-11-7-8-19-48(40)51)47-31-27-38(28-32-47)37-21-23-39(24-22-37)43-30-34-52-50(35-43)56-49-33-29-42-14-9-13-41-25-26-44(55(49)54(41)42)36-53(56)58(52)46-17-5-2-6-18-46/h1-36H. The van der Waals surface area contributed by atoms with Crippen LogP contribution in [0.25, 0.3) is 92.8 Å². The Morgan fingerprint density at radius 3 is 1.64 bits per heavy atom. The van der Waals surface area contributed by atoms with Gasteiger partial charge < -0.3 is 9.47 Å². The predicted molar refractivity (Wildman–Crippen MR) is 248 cm³/mol. The monoisotopic (exact) mass is 736 g/mol. The van der Waals surface area contributed by atoms with Crippen LogP contribution in [0.3, 0.4) is 0 Å². The highest BCUT2D eigenvalue weighted by atomic mass is 15.1. The lowest BCUT2D eigenvalue weighted by Crippen LogP contribution is -2.10. The summed E-state index contributed by atoms with van der Waals surface area (Å²) in [6.45, 7) is 0. The van der Waals surface area contributed by atoms with Crippen molar-refractivity contribution in [2.24, 2.45) is 0 Å². The maximum absolute atomic E-state index is 2.44. The molecule has 0 fully saturated rings. The van der Waals surface area contributed by atoms with Gasteiger partial charge in [-0.2, -0.15) is 0 Å². The molecule has 0 spiro atoms. The van der Waals surface area contributed by atoms with Gasteiger partial charge in [-0.1, -0.05) is 158 Å². The Kier molecular flexibility index (Phi) is 7.26. The first-order valence-corrected chi connectivity index (χ1v) is 20.0. The molecule has 0 radical (unpaired) electrons. The van der Waals surface area contributed by atoms with Gasteiger partial charge in [0, 0.05) is 33.2 Å². The summed E-state index contributed by atoms with van der Waals surface area (Å²) in [4.78, 5) is 2.36. The number of nitrogens with zero attached hydrogens (tertiary/aromatic N) is 2. The second-order valence-electron chi connectivity index (χ2n) is 15.3. The lowest BCUT2D eigenvalue weighted by atomic mass is 9.91. The maximum Gasteiger partial charge on any atom is 0.0553 e. The van der Waals surface area contributed by atoms with Gasteiger partial charge in [-0.3, -0.25) is 0 Å². The average Bonchev–Trinajstić information content (AvgIpc) is 3.62. The summed E-state index contributed by atoms with van der Waals surface area (Å²) >= 11 is 0. The Labute approximate surface area is 336 Å². The molecule has 1 aromatic heterocycles. The van der Waals surface area contributed by atoms with Gasteiger partial charge >= 0.3 is 0 Å². The van der Waals surface area contributed by atoms with Crippen molar-refractivity contribution in [2.45, 2.75) is 0 Å². The molecule has 0 aliphatic rings. The highest BCUT2D eigenvalue weighted by Gasteiger charge is 2.20. The molecule has 0 amide bonds. The normalized spacial score (nSPS) is 11.8. The number of aromatic nitrogens is 1. The number of fused-ring (bicyclic) bond motifs is 5. The third kappa shape index (κ3) is 5.05. The van der Waals surface area contributed by atoms with Crippen LogP contribution in [-0.4, -0.2) is 4.57 Å². The van der Waals surface area contributed by atoms with Gasteiger partial charge in [0.05, 0.1) is 16.7 Å². The molecule has 12 rings (SSSR count). The van der Waals surface area contributed by atoms with Gasteiger partial charge in [-0.25, -0.2) is 0 Å². The molecule has 12 aromatic rings. The Bertz CT molecular complexity index is 3450. The van der Waals surface area contributed by atoms with Gasteiger partial charge in [0.15, 0.2) is 0 Å². The minimum Gasteiger partial charge on any atom is -0.310 e. The Morgan fingerprint density at radius 1 is 0.293 bits per heavy atom. The van der Waals surface area contributed by atoms with E-state index in [1.807, 2.05) is 0 Å². The molecular formula is C56H36N2. The third-order valence-electron chi connectivity index (χ3n) is 12.1. The van der Waals surface area contributed by atoms with Crippen molar-refractivity contribution in [2.75, 3.05) is 4.90 Å². The van der Waals surface area contributed by atoms with E-state index >= 15 is 0 Å². The molecule has 0 unspecified atom stereocenters. The summed E-state index contributed by atoms with van der Waals surface area (Å²) in [6, 6.07) is 79.8. The SMILES string of the molecule is c1ccc(N(c2ccc(-c3ccc(-c4ccc5c(c4)c4c6ccc7cccc8ccc(cc4n5-c4ccccc4)c6c87)cc3)cc2)c2cccc3ccccc23)cc1. The fourth-order valence-corrected chi connectivity index (χ4v) is 9.42. The zero-order valence-electron chi connectivity index (χ0n) is 31.7. The van der Waals surface area contributed by atoms with Crippen LogP contribution in [0.1, 0.15) is 0 Å². The van der Waals surface area contributed by atoms with Crippen LogP contribution in [0, 0.1) is 0 Å². The predicted octanol–water partition coefficient (Wildman–Crippen LogP) is 15.6. The number of rotatable bonds is 6. The largest absolute Gasteiger partial charge is 0.310 e. The van der Waals surface area contributed by atoms with Gasteiger partial charge in [0.2, 0.25) is 0 Å². The van der Waals surface area contributed by atoms with E-state index < -0.39 is 0 Å². The number of hydrogen-bond acceptors (Lipinski definition) is 1. The highest BCUT2D eigenvalue weighted by Crippen LogP contribution is 2.44. The zero-order valence-corrected chi connectivity index (χ0v) is 31.7. The third-order valence-corrected chi connectivity index (χ3v) is 12.1. The van der Waals surface area contributed by atoms with Crippen LogP contribution < -0.4 is 4.90 Å². The average molecular weight is 737 g/mol. The highest BCUT2D eigenvalue weighted by molar-refractivity contribution is 6.33. The van der Waals surface area contributed by atoms with Crippen LogP contribution in [0.15, 0.2) is 218 Å². The lowest BCUT2D eigenvalue weighted by Gasteiger charge is -2.27. The molecule has 0 aliphatic heterocycles. The maximum atomic E-state index is 2.44. The fraction of sp³-hybridized carbons (Fsp3) is 0. The first-order valence-electron chi connectivity index (χ1n) is 20.0. The topological polar surface area (TPSA) is 8.17 Å². The molecule has 0 bridgehead atoms. The molecule has 0 atom stereocenters. The Balaban J connectivity index is 0.953. The molecule has 58 heavy (non-hydrogen) atoms. The summed E-state index contributed by atoms with van der Waals surface area (Å²) < 4.78 is 2.44. The minimum atomic E-state index is 1.12. The Hall–Kier alpha value is -7.68. The van der Waals surface area contributed by atoms with Gasteiger partial charge in [-0.15, -0.1) is 0 Å². The van der Waals surface area contributed by atoms with Gasteiger partial charge in [0.1, 0.15) is 0 Å². The number of para-hydroxylation sites is 2. The van der Waals surface area contributed by atoms with Gasteiger partial charge in [0.25, 0.3) is 0 Å². The van der Waals surface area contributed by atoms with Crippen molar-refractivity contribution in [1.82, 2.24) is 4.57 Å². The van der Waals surface area contributed by atoms with E-state index in [-0.39, 0.29) is 0 Å². The molecular weight excluding hydrogens is 701 g/mol. The van der Waals surface area contributed by atoms with E-state index in [0.29, 0.717) is 0 Å². The number of anilines is 3. The quantitative estimate of drug-likeness (QED) is 0.154. The molecule has 2 heteroatoms. The molecule has 2 nitrogen and oxygen atoms in total. The zero-order chi connectivity index (χ0) is 38.2. The van der Waals surface area contributed by atoms with E-state index in [2.05, 4.69) is 228 Å². The lowest BCUT2D eigenvalue weighted by molar-refractivity contribution is 1.18. The van der Waals surface area contributed by atoms with Crippen molar-refractivity contribution in [3.05, 3.63) is 218 Å². The van der Waals surface area contributed by atoms with Crippen LogP contribution in [0.4, 0.5) is 17.1 Å². The van der Waals surface area contributed by atoms with Crippen LogP contribution in [0.5, 0.6) is 0 Å². The van der Waals surface area contributed by atoms with Crippen molar-refractivity contribution < 1.29 is 0 Å². The summed E-state index contributed by atoms with van der Waals surface area (Å²) in [6.07, 6.45) is 0. The van der Waals surface area contributed by atoms with E-state index in [0.717, 1.165) is 17.1 Å². The van der Waals surface area contributed by atoms with Gasteiger partial charge in [-0.05, 0) is 121 Å². The summed E-state index contributed by atoms with van der Waals surface area (Å²) in [5.41, 5.74) is 11.8. The minimum absolute atomic E-state index is 1.12. The number of benzene rings is 11. The fourth-order valence-electron chi connectivity index (χ4n) is 9.42. The summed E-state index contributed by atoms with van der Waals surface area (Å²) in [7, 11) is 0.